The average molecular weight is 258 g/mol. The Balaban J connectivity index is 4.44. The van der Waals surface area contributed by atoms with E-state index in [4.69, 9.17) is 10.8 Å². The molecular formula is C13H26N2O3. The van der Waals surface area contributed by atoms with E-state index in [1.807, 2.05) is 20.8 Å². The van der Waals surface area contributed by atoms with Crippen LogP contribution in [0.5, 0.6) is 0 Å². The van der Waals surface area contributed by atoms with E-state index in [-0.39, 0.29) is 12.5 Å². The van der Waals surface area contributed by atoms with Gasteiger partial charge < -0.3 is 15.7 Å². The summed E-state index contributed by atoms with van der Waals surface area (Å²) < 4.78 is 0. The largest absolute Gasteiger partial charge is 0.480 e. The van der Waals surface area contributed by atoms with E-state index in [2.05, 4.69) is 6.92 Å². The molecule has 0 aliphatic rings. The molecule has 1 amide bonds. The highest BCUT2D eigenvalue weighted by Crippen LogP contribution is 2.17. The van der Waals surface area contributed by atoms with Crippen molar-refractivity contribution in [3.8, 4) is 0 Å². The number of nitrogens with two attached hydrogens (primary N) is 1. The number of nitrogens with zero attached hydrogens (tertiary/aromatic N) is 1. The Morgan fingerprint density at radius 2 is 1.83 bits per heavy atom. The Morgan fingerprint density at radius 3 is 2.22 bits per heavy atom. The zero-order chi connectivity index (χ0) is 14.3. The molecule has 0 saturated carbocycles. The second-order valence-electron chi connectivity index (χ2n) is 5.77. The van der Waals surface area contributed by atoms with E-state index in [0.29, 0.717) is 18.9 Å². The maximum Gasteiger partial charge on any atom is 0.323 e. The van der Waals surface area contributed by atoms with Crippen LogP contribution < -0.4 is 5.73 Å². The average Bonchev–Trinajstić information content (AvgIpc) is 2.21. The minimum Gasteiger partial charge on any atom is -0.480 e. The molecule has 0 aromatic rings. The van der Waals surface area contributed by atoms with Crippen LogP contribution in [0.4, 0.5) is 0 Å². The molecule has 5 heteroatoms. The fourth-order valence-electron chi connectivity index (χ4n) is 1.77. The van der Waals surface area contributed by atoms with Gasteiger partial charge in [0.1, 0.15) is 6.54 Å². The SMILES string of the molecule is CC(CCN)CCC(=O)N(CC(=O)O)C(C)(C)C. The quantitative estimate of drug-likeness (QED) is 0.724. The lowest BCUT2D eigenvalue weighted by molar-refractivity contribution is -0.148. The van der Waals surface area contributed by atoms with Crippen LogP contribution in [0.15, 0.2) is 0 Å². The summed E-state index contributed by atoms with van der Waals surface area (Å²) in [5.41, 5.74) is 4.99. The van der Waals surface area contributed by atoms with Crippen molar-refractivity contribution < 1.29 is 14.7 Å². The van der Waals surface area contributed by atoms with E-state index >= 15 is 0 Å². The van der Waals surface area contributed by atoms with Gasteiger partial charge in [-0.2, -0.15) is 0 Å². The van der Waals surface area contributed by atoms with Crippen molar-refractivity contribution in [1.82, 2.24) is 4.90 Å². The molecule has 0 bridgehead atoms. The van der Waals surface area contributed by atoms with Gasteiger partial charge in [0.15, 0.2) is 0 Å². The fourth-order valence-corrected chi connectivity index (χ4v) is 1.77. The van der Waals surface area contributed by atoms with Crippen LogP contribution in [0, 0.1) is 5.92 Å². The lowest BCUT2D eigenvalue weighted by Crippen LogP contribution is -2.48. The topological polar surface area (TPSA) is 83.6 Å². The lowest BCUT2D eigenvalue weighted by atomic mass is 9.99. The van der Waals surface area contributed by atoms with E-state index in [1.165, 1.54) is 4.90 Å². The molecule has 3 N–H and O–H groups in total. The molecule has 18 heavy (non-hydrogen) atoms. The Hall–Kier alpha value is -1.10. The third-order valence-corrected chi connectivity index (χ3v) is 2.91. The minimum atomic E-state index is -0.978. The molecule has 0 radical (unpaired) electrons. The predicted molar refractivity (Wildman–Crippen MR) is 71.2 cm³/mol. The Kier molecular flexibility index (Phi) is 6.91. The first-order valence-electron chi connectivity index (χ1n) is 6.40. The van der Waals surface area contributed by atoms with Crippen LogP contribution in [-0.2, 0) is 9.59 Å². The smallest absolute Gasteiger partial charge is 0.323 e. The summed E-state index contributed by atoms with van der Waals surface area (Å²) in [4.78, 5) is 24.3. The van der Waals surface area contributed by atoms with Crippen LogP contribution in [0.3, 0.4) is 0 Å². The van der Waals surface area contributed by atoms with E-state index in [0.717, 1.165) is 12.8 Å². The number of hydrogen-bond donors (Lipinski definition) is 2. The van der Waals surface area contributed by atoms with Crippen molar-refractivity contribution in [3.63, 3.8) is 0 Å². The number of hydrogen-bond acceptors (Lipinski definition) is 3. The van der Waals surface area contributed by atoms with Crippen molar-refractivity contribution >= 4 is 11.9 Å². The summed E-state index contributed by atoms with van der Waals surface area (Å²) in [6, 6.07) is 0. The van der Waals surface area contributed by atoms with Crippen molar-refractivity contribution in [2.75, 3.05) is 13.1 Å². The first-order chi connectivity index (χ1) is 8.18. The molecule has 5 nitrogen and oxygen atoms in total. The van der Waals surface area contributed by atoms with Gasteiger partial charge in [-0.1, -0.05) is 6.92 Å². The van der Waals surface area contributed by atoms with Crippen LogP contribution in [0.25, 0.3) is 0 Å². The summed E-state index contributed by atoms with van der Waals surface area (Å²) in [5.74, 6) is -0.687. The highest BCUT2D eigenvalue weighted by atomic mass is 16.4. The number of carboxylic acid groups (broad SMARTS) is 1. The minimum absolute atomic E-state index is 0.103. The first-order valence-corrected chi connectivity index (χ1v) is 6.40. The van der Waals surface area contributed by atoms with Crippen molar-refractivity contribution in [2.24, 2.45) is 11.7 Å². The van der Waals surface area contributed by atoms with Gasteiger partial charge in [0.2, 0.25) is 5.91 Å². The van der Waals surface area contributed by atoms with Gasteiger partial charge in [-0.05, 0) is 46.1 Å². The number of aliphatic carboxylic acids is 1. The summed E-state index contributed by atoms with van der Waals surface area (Å²) in [6.07, 6.45) is 2.02. The van der Waals surface area contributed by atoms with Gasteiger partial charge in [0.25, 0.3) is 0 Å². The molecular weight excluding hydrogens is 232 g/mol. The summed E-state index contributed by atoms with van der Waals surface area (Å²) >= 11 is 0. The molecule has 0 heterocycles. The monoisotopic (exact) mass is 258 g/mol. The molecule has 106 valence electrons. The van der Waals surface area contributed by atoms with Crippen molar-refractivity contribution in [2.45, 2.75) is 52.5 Å². The maximum atomic E-state index is 12.1. The van der Waals surface area contributed by atoms with Crippen molar-refractivity contribution in [3.05, 3.63) is 0 Å². The number of carbonyl (C=O) groups is 2. The van der Waals surface area contributed by atoms with E-state index < -0.39 is 11.5 Å². The predicted octanol–water partition coefficient (Wildman–Crippen LogP) is 1.46. The summed E-state index contributed by atoms with van der Waals surface area (Å²) in [5, 5.41) is 8.85. The Labute approximate surface area is 109 Å². The molecule has 0 aliphatic heterocycles. The Morgan fingerprint density at radius 1 is 1.28 bits per heavy atom. The number of rotatable bonds is 7. The van der Waals surface area contributed by atoms with Crippen LogP contribution in [0.1, 0.15) is 47.0 Å². The highest BCUT2D eigenvalue weighted by molar-refractivity contribution is 5.82. The normalized spacial score (nSPS) is 13.2. The van der Waals surface area contributed by atoms with Crippen molar-refractivity contribution in [1.29, 1.82) is 0 Å². The molecule has 0 fully saturated rings. The number of carboxylic acids is 1. The molecule has 1 unspecified atom stereocenters. The van der Waals surface area contributed by atoms with Crippen LogP contribution in [-0.4, -0.2) is 40.5 Å². The summed E-state index contributed by atoms with van der Waals surface area (Å²) in [6.45, 7) is 7.96. The standard InChI is InChI=1S/C13H26N2O3/c1-10(7-8-14)5-6-11(16)15(9-12(17)18)13(2,3)4/h10H,5-9,14H2,1-4H3,(H,17,18). The van der Waals surface area contributed by atoms with E-state index in [1.54, 1.807) is 0 Å². The van der Waals surface area contributed by atoms with Gasteiger partial charge in [-0.15, -0.1) is 0 Å². The van der Waals surface area contributed by atoms with Gasteiger partial charge in [-0.25, -0.2) is 0 Å². The third-order valence-electron chi connectivity index (χ3n) is 2.91. The zero-order valence-electron chi connectivity index (χ0n) is 11.9. The van der Waals surface area contributed by atoms with Crippen LogP contribution >= 0.6 is 0 Å². The second kappa shape index (κ2) is 7.36. The van der Waals surface area contributed by atoms with Gasteiger partial charge in [0.05, 0.1) is 0 Å². The molecule has 0 aliphatic carbocycles. The molecule has 0 rings (SSSR count). The first kappa shape index (κ1) is 16.9. The molecule has 0 saturated heterocycles. The lowest BCUT2D eigenvalue weighted by Gasteiger charge is -2.34. The Bertz CT molecular complexity index is 284. The van der Waals surface area contributed by atoms with Gasteiger partial charge >= 0.3 is 5.97 Å². The highest BCUT2D eigenvalue weighted by Gasteiger charge is 2.28. The molecule has 0 spiro atoms. The fraction of sp³-hybridized carbons (Fsp3) is 0.846. The number of amides is 1. The summed E-state index contributed by atoms with van der Waals surface area (Å²) in [7, 11) is 0. The number of carbonyl (C=O) groups excluding carboxylic acids is 1. The molecule has 0 aromatic heterocycles. The maximum absolute atomic E-state index is 12.1. The zero-order valence-corrected chi connectivity index (χ0v) is 11.9. The molecule has 0 aromatic carbocycles. The third kappa shape index (κ3) is 6.59. The van der Waals surface area contributed by atoms with Gasteiger partial charge in [0, 0.05) is 12.0 Å². The second-order valence-corrected chi connectivity index (χ2v) is 5.77. The van der Waals surface area contributed by atoms with E-state index in [9.17, 15) is 9.59 Å². The van der Waals surface area contributed by atoms with Gasteiger partial charge in [-0.3, -0.25) is 9.59 Å². The van der Waals surface area contributed by atoms with Crippen LogP contribution in [0.2, 0.25) is 0 Å². The molecule has 1 atom stereocenters.